The first kappa shape index (κ1) is 20.7. The van der Waals surface area contributed by atoms with Gasteiger partial charge in [-0.25, -0.2) is 4.68 Å². The molecule has 1 atom stereocenters. The molecule has 1 aliphatic heterocycles. The summed E-state index contributed by atoms with van der Waals surface area (Å²) in [6, 6.07) is 15.8. The predicted octanol–water partition coefficient (Wildman–Crippen LogP) is 4.36. The molecule has 3 aromatic rings. The molecule has 0 bridgehead atoms. The lowest BCUT2D eigenvalue weighted by molar-refractivity contribution is -0.113. The van der Waals surface area contributed by atoms with Crippen molar-refractivity contribution in [1.29, 1.82) is 0 Å². The maximum Gasteiger partial charge on any atom is 0.255 e. The number of rotatable bonds is 6. The van der Waals surface area contributed by atoms with E-state index in [1.807, 2.05) is 38.1 Å². The first-order valence-electron chi connectivity index (χ1n) is 10.6. The van der Waals surface area contributed by atoms with E-state index in [9.17, 15) is 4.79 Å². The predicted molar refractivity (Wildman–Crippen MR) is 124 cm³/mol. The third-order valence-electron chi connectivity index (χ3n) is 5.77. The summed E-state index contributed by atoms with van der Waals surface area (Å²) in [5, 5.41) is 10.7. The zero-order valence-corrected chi connectivity index (χ0v) is 18.4. The summed E-state index contributed by atoms with van der Waals surface area (Å²) < 4.78 is 1.77. The molecule has 4 rings (SSSR count). The minimum atomic E-state index is -0.367. The Morgan fingerprint density at radius 3 is 2.48 bits per heavy atom. The molecule has 0 saturated carbocycles. The van der Waals surface area contributed by atoms with Gasteiger partial charge in [0.2, 0.25) is 5.95 Å². The highest BCUT2D eigenvalue weighted by Gasteiger charge is 2.33. The fraction of sp³-hybridized carbons (Fsp3) is 0.292. The smallest absolute Gasteiger partial charge is 0.255 e. The van der Waals surface area contributed by atoms with Crippen molar-refractivity contribution in [2.24, 2.45) is 0 Å². The van der Waals surface area contributed by atoms with E-state index in [0.29, 0.717) is 11.5 Å². The van der Waals surface area contributed by atoms with E-state index in [0.717, 1.165) is 41.3 Å². The summed E-state index contributed by atoms with van der Waals surface area (Å²) in [6.07, 6.45) is 1.51. The lowest BCUT2D eigenvalue weighted by atomic mass is 9.94. The monoisotopic (exact) mass is 416 g/mol. The molecule has 0 aliphatic carbocycles. The number of allylic oxidation sites excluding steroid dienone is 1. The number of anilines is 3. The normalized spacial score (nSPS) is 15.3. The Labute approximate surface area is 182 Å². The first-order valence-corrected chi connectivity index (χ1v) is 10.6. The molecule has 0 fully saturated rings. The van der Waals surface area contributed by atoms with Crippen LogP contribution in [0.4, 0.5) is 17.3 Å². The molecule has 2 N–H and O–H groups in total. The van der Waals surface area contributed by atoms with E-state index in [1.165, 1.54) is 6.33 Å². The van der Waals surface area contributed by atoms with E-state index in [1.54, 1.807) is 4.68 Å². The van der Waals surface area contributed by atoms with Crippen molar-refractivity contribution in [3.8, 4) is 0 Å². The highest BCUT2D eigenvalue weighted by Crippen LogP contribution is 2.36. The Hall–Kier alpha value is -3.61. The number of aryl methyl sites for hydroxylation is 1. The van der Waals surface area contributed by atoms with E-state index < -0.39 is 0 Å². The van der Waals surface area contributed by atoms with Gasteiger partial charge in [0, 0.05) is 30.2 Å². The Kier molecular flexibility index (Phi) is 5.75. The van der Waals surface area contributed by atoms with Crippen LogP contribution >= 0.6 is 0 Å². The van der Waals surface area contributed by atoms with Crippen LogP contribution in [0.1, 0.15) is 37.9 Å². The van der Waals surface area contributed by atoms with Gasteiger partial charge in [-0.15, -0.1) is 0 Å². The number of nitrogens with one attached hydrogen (secondary N) is 2. The van der Waals surface area contributed by atoms with E-state index >= 15 is 0 Å². The molecule has 31 heavy (non-hydrogen) atoms. The summed E-state index contributed by atoms with van der Waals surface area (Å²) in [4.78, 5) is 20.0. The minimum absolute atomic E-state index is 0.154. The molecule has 2 heterocycles. The topological polar surface area (TPSA) is 75.1 Å². The van der Waals surface area contributed by atoms with Crippen LogP contribution < -0.4 is 15.5 Å². The maximum atomic E-state index is 13.4. The van der Waals surface area contributed by atoms with Crippen LogP contribution in [-0.2, 0) is 4.79 Å². The third kappa shape index (κ3) is 3.91. The number of amides is 1. The van der Waals surface area contributed by atoms with Gasteiger partial charge >= 0.3 is 0 Å². The zero-order valence-electron chi connectivity index (χ0n) is 18.4. The summed E-state index contributed by atoms with van der Waals surface area (Å²) in [6.45, 7) is 10.1. The highest BCUT2D eigenvalue weighted by molar-refractivity contribution is 6.06. The Morgan fingerprint density at radius 1 is 1.10 bits per heavy atom. The van der Waals surface area contributed by atoms with Crippen molar-refractivity contribution >= 4 is 23.2 Å². The summed E-state index contributed by atoms with van der Waals surface area (Å²) in [5.74, 6) is 0.473. The van der Waals surface area contributed by atoms with Crippen LogP contribution in [-0.4, -0.2) is 33.8 Å². The molecule has 0 unspecified atom stereocenters. The Bertz CT molecular complexity index is 1110. The number of carbonyl (C=O) groups is 1. The SMILES string of the molecule is CCN(CC)c1ccc([C@H]2C(C(=O)Nc3ccccc3C)=C(C)Nc3ncnn32)cc1. The quantitative estimate of drug-likeness (QED) is 0.624. The molecule has 0 spiro atoms. The van der Waals surface area contributed by atoms with Crippen LogP contribution in [0, 0.1) is 6.92 Å². The van der Waals surface area contributed by atoms with E-state index in [-0.39, 0.29) is 11.9 Å². The highest BCUT2D eigenvalue weighted by atomic mass is 16.1. The van der Waals surface area contributed by atoms with Crippen molar-refractivity contribution in [3.05, 3.63) is 77.3 Å². The van der Waals surface area contributed by atoms with Gasteiger partial charge in [0.25, 0.3) is 5.91 Å². The fourth-order valence-corrected chi connectivity index (χ4v) is 4.05. The number of para-hydroxylation sites is 1. The van der Waals surface area contributed by atoms with Crippen molar-refractivity contribution in [1.82, 2.24) is 14.8 Å². The van der Waals surface area contributed by atoms with Crippen LogP contribution in [0.25, 0.3) is 0 Å². The molecule has 1 amide bonds. The molecule has 7 nitrogen and oxygen atoms in total. The largest absolute Gasteiger partial charge is 0.372 e. The lowest BCUT2D eigenvalue weighted by Crippen LogP contribution is -2.31. The Morgan fingerprint density at radius 2 is 1.81 bits per heavy atom. The van der Waals surface area contributed by atoms with Gasteiger partial charge in [-0.2, -0.15) is 10.1 Å². The molecule has 2 aromatic carbocycles. The molecule has 1 aliphatic rings. The second kappa shape index (κ2) is 8.63. The molecular weight excluding hydrogens is 388 g/mol. The Balaban J connectivity index is 1.73. The molecule has 0 saturated heterocycles. The van der Waals surface area contributed by atoms with Crippen LogP contribution in [0.5, 0.6) is 0 Å². The van der Waals surface area contributed by atoms with Crippen molar-refractivity contribution in [2.75, 3.05) is 28.6 Å². The molecule has 0 radical (unpaired) electrons. The fourth-order valence-electron chi connectivity index (χ4n) is 4.05. The van der Waals surface area contributed by atoms with E-state index in [4.69, 9.17) is 0 Å². The van der Waals surface area contributed by atoms with Gasteiger partial charge in [-0.1, -0.05) is 30.3 Å². The molecule has 7 heteroatoms. The summed E-state index contributed by atoms with van der Waals surface area (Å²) in [7, 11) is 0. The number of hydrogen-bond acceptors (Lipinski definition) is 5. The zero-order chi connectivity index (χ0) is 22.0. The third-order valence-corrected chi connectivity index (χ3v) is 5.77. The van der Waals surface area contributed by atoms with Crippen molar-refractivity contribution < 1.29 is 4.79 Å². The molecular formula is C24H28N6O. The number of aromatic nitrogens is 3. The van der Waals surface area contributed by atoms with E-state index in [2.05, 4.69) is 63.7 Å². The number of fused-ring (bicyclic) bond motifs is 1. The standard InChI is InChI=1S/C24H28N6O/c1-5-29(6-2)19-13-11-18(12-14-19)22-21(17(4)27-24-25-15-26-30(22)24)23(31)28-20-10-8-7-9-16(20)3/h7-15,22H,5-6H2,1-4H3,(H,28,31)(H,25,26,27)/t22-/m0/s1. The minimum Gasteiger partial charge on any atom is -0.372 e. The van der Waals surface area contributed by atoms with Gasteiger partial charge in [-0.3, -0.25) is 4.79 Å². The first-order chi connectivity index (χ1) is 15.0. The van der Waals surface area contributed by atoms with Gasteiger partial charge in [0.05, 0.1) is 5.57 Å². The van der Waals surface area contributed by atoms with Crippen LogP contribution in [0.3, 0.4) is 0 Å². The van der Waals surface area contributed by atoms with Crippen molar-refractivity contribution in [2.45, 2.75) is 33.7 Å². The average Bonchev–Trinajstić information content (AvgIpc) is 3.23. The van der Waals surface area contributed by atoms with Gasteiger partial charge in [-0.05, 0) is 57.0 Å². The molecule has 160 valence electrons. The van der Waals surface area contributed by atoms with Crippen LogP contribution in [0.15, 0.2) is 66.1 Å². The summed E-state index contributed by atoms with van der Waals surface area (Å²) in [5.41, 5.74) is 5.35. The number of carbonyl (C=O) groups excluding carboxylic acids is 1. The number of hydrogen-bond donors (Lipinski definition) is 2. The second-order valence-electron chi connectivity index (χ2n) is 7.63. The second-order valence-corrected chi connectivity index (χ2v) is 7.63. The van der Waals surface area contributed by atoms with Gasteiger partial charge in [0.15, 0.2) is 0 Å². The van der Waals surface area contributed by atoms with Crippen LogP contribution in [0.2, 0.25) is 0 Å². The van der Waals surface area contributed by atoms with Gasteiger partial charge < -0.3 is 15.5 Å². The summed E-state index contributed by atoms with van der Waals surface area (Å²) >= 11 is 0. The van der Waals surface area contributed by atoms with Gasteiger partial charge in [0.1, 0.15) is 12.4 Å². The lowest BCUT2D eigenvalue weighted by Gasteiger charge is -2.29. The van der Waals surface area contributed by atoms with Crippen molar-refractivity contribution in [3.63, 3.8) is 0 Å². The molecule has 1 aromatic heterocycles. The number of nitrogens with zero attached hydrogens (tertiary/aromatic N) is 4. The maximum absolute atomic E-state index is 13.4. The number of benzene rings is 2. The average molecular weight is 417 g/mol.